The van der Waals surface area contributed by atoms with Crippen LogP contribution in [0, 0.1) is 5.92 Å². The number of nitrogens with zero attached hydrogens (tertiary/aromatic N) is 1. The van der Waals surface area contributed by atoms with Gasteiger partial charge in [-0.1, -0.05) is 11.6 Å². The molecule has 1 aliphatic carbocycles. The number of carbonyl (C=O) groups excluding carboxylic acids is 2. The van der Waals surface area contributed by atoms with Crippen molar-refractivity contribution in [2.24, 2.45) is 5.92 Å². The number of halogens is 1. The zero-order valence-corrected chi connectivity index (χ0v) is 15.9. The van der Waals surface area contributed by atoms with Crippen LogP contribution in [0.4, 0.5) is 5.69 Å². The predicted octanol–water partition coefficient (Wildman–Crippen LogP) is 2.82. The minimum atomic E-state index is -3.61. The Labute approximate surface area is 152 Å². The molecule has 2 rings (SSSR count). The standard InChI is InChI=1S/C17H20ClNO5S/c1-4-24-10-14(16(20)11-5-6-11)17(21)13-8-7-12(18)9-15(13)19(2)25(3,22)23/h7-11H,4-6H2,1-3H3. The molecular formula is C17H20ClNO5S. The van der Waals surface area contributed by atoms with E-state index in [1.165, 1.54) is 31.5 Å². The Balaban J connectivity index is 2.51. The maximum atomic E-state index is 13.0. The molecule has 1 aliphatic rings. The van der Waals surface area contributed by atoms with Gasteiger partial charge in [0.05, 0.1) is 24.8 Å². The number of hydrogen-bond donors (Lipinski definition) is 0. The van der Waals surface area contributed by atoms with Crippen molar-refractivity contribution in [2.45, 2.75) is 19.8 Å². The Morgan fingerprint density at radius 2 is 2.00 bits per heavy atom. The molecule has 0 aliphatic heterocycles. The van der Waals surface area contributed by atoms with Gasteiger partial charge < -0.3 is 4.74 Å². The van der Waals surface area contributed by atoms with E-state index in [9.17, 15) is 18.0 Å². The summed E-state index contributed by atoms with van der Waals surface area (Å²) in [6.45, 7) is 2.05. The van der Waals surface area contributed by atoms with Crippen LogP contribution in [-0.2, 0) is 19.6 Å². The maximum absolute atomic E-state index is 13.0. The summed E-state index contributed by atoms with van der Waals surface area (Å²) in [7, 11) is -2.28. The second kappa shape index (κ2) is 7.58. The fourth-order valence-corrected chi connectivity index (χ4v) is 2.91. The van der Waals surface area contributed by atoms with Gasteiger partial charge in [-0.25, -0.2) is 8.42 Å². The van der Waals surface area contributed by atoms with Crippen LogP contribution in [0.3, 0.4) is 0 Å². The van der Waals surface area contributed by atoms with Gasteiger partial charge in [-0.2, -0.15) is 0 Å². The molecular weight excluding hydrogens is 366 g/mol. The minimum absolute atomic E-state index is 0.0742. The lowest BCUT2D eigenvalue weighted by molar-refractivity contribution is -0.116. The first kappa shape index (κ1) is 19.5. The lowest BCUT2D eigenvalue weighted by atomic mass is 9.97. The van der Waals surface area contributed by atoms with Gasteiger partial charge in [0.1, 0.15) is 5.57 Å². The van der Waals surface area contributed by atoms with Crippen LogP contribution in [0.2, 0.25) is 5.02 Å². The lowest BCUT2D eigenvalue weighted by Crippen LogP contribution is -2.27. The van der Waals surface area contributed by atoms with Gasteiger partial charge in [-0.3, -0.25) is 13.9 Å². The number of benzene rings is 1. The van der Waals surface area contributed by atoms with Crippen LogP contribution in [0.15, 0.2) is 30.0 Å². The van der Waals surface area contributed by atoms with Crippen molar-refractivity contribution in [3.05, 3.63) is 40.6 Å². The number of ether oxygens (including phenoxy) is 1. The van der Waals surface area contributed by atoms with E-state index >= 15 is 0 Å². The molecule has 0 N–H and O–H groups in total. The highest BCUT2D eigenvalue weighted by Gasteiger charge is 2.36. The third-order valence-corrected chi connectivity index (χ3v) is 5.29. The molecule has 0 bridgehead atoms. The van der Waals surface area contributed by atoms with Gasteiger partial charge in [0.2, 0.25) is 15.8 Å². The summed E-state index contributed by atoms with van der Waals surface area (Å²) in [5.41, 5.74) is 0.123. The highest BCUT2D eigenvalue weighted by atomic mass is 35.5. The second-order valence-electron chi connectivity index (χ2n) is 5.85. The molecule has 0 heterocycles. The van der Waals surface area contributed by atoms with Gasteiger partial charge in [-0.15, -0.1) is 0 Å². The van der Waals surface area contributed by atoms with Gasteiger partial charge in [0, 0.05) is 23.6 Å². The largest absolute Gasteiger partial charge is 0.501 e. The highest BCUT2D eigenvalue weighted by Crippen LogP contribution is 2.35. The third kappa shape index (κ3) is 4.61. The van der Waals surface area contributed by atoms with Gasteiger partial charge in [0.15, 0.2) is 5.78 Å². The smallest absolute Gasteiger partial charge is 0.232 e. The third-order valence-electron chi connectivity index (χ3n) is 3.87. The van der Waals surface area contributed by atoms with Crippen molar-refractivity contribution in [1.82, 2.24) is 0 Å². The minimum Gasteiger partial charge on any atom is -0.501 e. The fourth-order valence-electron chi connectivity index (χ4n) is 2.24. The van der Waals surface area contributed by atoms with Crippen LogP contribution in [0.1, 0.15) is 30.1 Å². The van der Waals surface area contributed by atoms with Crippen molar-refractivity contribution in [3.63, 3.8) is 0 Å². The molecule has 0 amide bonds. The summed E-state index contributed by atoms with van der Waals surface area (Å²) in [5, 5.41) is 0.283. The molecule has 8 heteroatoms. The number of carbonyl (C=O) groups is 2. The van der Waals surface area contributed by atoms with Gasteiger partial charge >= 0.3 is 0 Å². The van der Waals surface area contributed by atoms with E-state index in [4.69, 9.17) is 16.3 Å². The van der Waals surface area contributed by atoms with Gasteiger partial charge in [0.25, 0.3) is 0 Å². The first-order valence-corrected chi connectivity index (χ1v) is 10.0. The van der Waals surface area contributed by atoms with E-state index in [0.29, 0.717) is 6.61 Å². The van der Waals surface area contributed by atoms with Crippen molar-refractivity contribution in [1.29, 1.82) is 0 Å². The van der Waals surface area contributed by atoms with E-state index < -0.39 is 15.8 Å². The molecule has 6 nitrogen and oxygen atoms in total. The molecule has 0 aromatic heterocycles. The van der Waals surface area contributed by atoms with Crippen molar-refractivity contribution in [2.75, 3.05) is 24.2 Å². The molecule has 1 aromatic rings. The molecule has 136 valence electrons. The number of ketones is 2. The molecule has 0 radical (unpaired) electrons. The molecule has 0 saturated heterocycles. The Morgan fingerprint density at radius 1 is 1.36 bits per heavy atom. The van der Waals surface area contributed by atoms with Crippen molar-refractivity contribution < 1.29 is 22.7 Å². The molecule has 1 saturated carbocycles. The monoisotopic (exact) mass is 385 g/mol. The highest BCUT2D eigenvalue weighted by molar-refractivity contribution is 7.92. The predicted molar refractivity (Wildman–Crippen MR) is 96.5 cm³/mol. The number of Topliss-reactive ketones (excluding diaryl/α,β-unsaturated/α-hetero) is 2. The summed E-state index contributed by atoms with van der Waals surface area (Å²) >= 11 is 5.96. The average Bonchev–Trinajstić information content (AvgIpc) is 3.38. The quantitative estimate of drug-likeness (QED) is 0.226. The van der Waals surface area contributed by atoms with E-state index in [-0.39, 0.29) is 33.5 Å². The van der Waals surface area contributed by atoms with Gasteiger partial charge in [-0.05, 0) is 38.0 Å². The van der Waals surface area contributed by atoms with E-state index in [1.807, 2.05) is 0 Å². The Kier molecular flexibility index (Phi) is 5.90. The second-order valence-corrected chi connectivity index (χ2v) is 8.30. The van der Waals surface area contributed by atoms with Crippen LogP contribution in [-0.4, -0.2) is 39.9 Å². The number of allylic oxidation sites excluding steroid dienone is 1. The normalized spacial score (nSPS) is 15.0. The summed E-state index contributed by atoms with van der Waals surface area (Å²) < 4.78 is 29.9. The molecule has 0 unspecified atom stereocenters. The molecule has 1 fully saturated rings. The summed E-state index contributed by atoms with van der Waals surface area (Å²) in [6.07, 6.45) is 3.68. The Hall–Kier alpha value is -1.86. The molecule has 1 aromatic carbocycles. The Bertz CT molecular complexity index is 827. The van der Waals surface area contributed by atoms with E-state index in [0.717, 1.165) is 23.4 Å². The fraction of sp³-hybridized carbons (Fsp3) is 0.412. The number of sulfonamides is 1. The average molecular weight is 386 g/mol. The van der Waals surface area contributed by atoms with Crippen molar-refractivity contribution >= 4 is 38.9 Å². The summed E-state index contributed by atoms with van der Waals surface area (Å²) in [5.74, 6) is -1.02. The zero-order chi connectivity index (χ0) is 18.8. The van der Waals surface area contributed by atoms with Crippen molar-refractivity contribution in [3.8, 4) is 0 Å². The maximum Gasteiger partial charge on any atom is 0.232 e. The Morgan fingerprint density at radius 3 is 2.52 bits per heavy atom. The number of rotatable bonds is 8. The first-order chi connectivity index (χ1) is 11.7. The summed E-state index contributed by atoms with van der Waals surface area (Å²) in [4.78, 5) is 25.4. The van der Waals surface area contributed by atoms with Crippen LogP contribution >= 0.6 is 11.6 Å². The molecule has 0 spiro atoms. The topological polar surface area (TPSA) is 80.8 Å². The number of anilines is 1. The zero-order valence-electron chi connectivity index (χ0n) is 14.3. The lowest BCUT2D eigenvalue weighted by Gasteiger charge is -2.20. The van der Waals surface area contributed by atoms with Crippen LogP contribution in [0.25, 0.3) is 0 Å². The van der Waals surface area contributed by atoms with Crippen LogP contribution in [0.5, 0.6) is 0 Å². The first-order valence-electron chi connectivity index (χ1n) is 7.81. The molecule has 25 heavy (non-hydrogen) atoms. The van der Waals surface area contributed by atoms with E-state index in [2.05, 4.69) is 0 Å². The SMILES string of the molecule is CCOC=C(C(=O)c1ccc(Cl)cc1N(C)S(C)(=O)=O)C(=O)C1CC1. The van der Waals surface area contributed by atoms with Crippen LogP contribution < -0.4 is 4.31 Å². The number of hydrogen-bond acceptors (Lipinski definition) is 5. The van der Waals surface area contributed by atoms with E-state index in [1.54, 1.807) is 6.92 Å². The summed E-state index contributed by atoms with van der Waals surface area (Å²) in [6, 6.07) is 4.28. The molecule has 0 atom stereocenters.